The van der Waals surface area contributed by atoms with Crippen molar-refractivity contribution in [3.63, 3.8) is 0 Å². The van der Waals surface area contributed by atoms with Crippen LogP contribution < -0.4 is 14.6 Å². The van der Waals surface area contributed by atoms with Gasteiger partial charge in [0.15, 0.2) is 11.5 Å². The van der Waals surface area contributed by atoms with E-state index in [2.05, 4.69) is 10.5 Å². The molecule has 10 unspecified atom stereocenters. The number of hydrogen-bond donors (Lipinski definition) is 8. The summed E-state index contributed by atoms with van der Waals surface area (Å²) >= 11 is 6.08. The Balaban J connectivity index is 1.28. The molecule has 0 bridgehead atoms. The topological polar surface area (TPSA) is 256 Å². The van der Waals surface area contributed by atoms with E-state index < -0.39 is 80.6 Å². The number of nitrogens with one attached hydrogen (secondary N) is 1. The molecule has 2 aliphatic heterocycles. The number of hydrogen-bond acceptors (Lipinski definition) is 14. The number of fused-ring (bicyclic) bond motifs is 1. The van der Waals surface area contributed by atoms with Crippen molar-refractivity contribution in [1.82, 2.24) is 5.32 Å². The Morgan fingerprint density at radius 3 is 2.06 bits per heavy atom. The first kappa shape index (κ1) is 46.3. The van der Waals surface area contributed by atoms with Crippen molar-refractivity contribution >= 4 is 37.1 Å². The molecule has 0 spiro atoms. The summed E-state index contributed by atoms with van der Waals surface area (Å²) < 4.78 is 41.0. The Labute approximate surface area is 367 Å². The molecule has 2 heterocycles. The number of phosphoric ester groups is 1. The van der Waals surface area contributed by atoms with E-state index in [4.69, 9.17) is 39.9 Å². The predicted molar refractivity (Wildman–Crippen MR) is 226 cm³/mol. The van der Waals surface area contributed by atoms with Crippen LogP contribution in [-0.2, 0) is 47.9 Å². The van der Waals surface area contributed by atoms with Crippen LogP contribution in [0.3, 0.4) is 0 Å². The number of phosphoric acid groups is 1. The fraction of sp³-hybridized carbons (Fsp3) is 0.364. The number of amides is 1. The summed E-state index contributed by atoms with van der Waals surface area (Å²) in [6, 6.07) is 25.1. The number of benzene rings is 4. The van der Waals surface area contributed by atoms with Crippen LogP contribution in [0, 0.1) is 0 Å². The molecule has 19 heteroatoms. The molecular formula is C44H48ClN2O15P. The minimum Gasteiger partial charge on any atom is -0.458 e. The lowest BCUT2D eigenvalue weighted by atomic mass is 9.83. The number of carbonyl (C=O) groups excluding carboxylic acids is 1. The van der Waals surface area contributed by atoms with Crippen LogP contribution in [0.1, 0.15) is 47.2 Å². The van der Waals surface area contributed by atoms with E-state index >= 15 is 0 Å². The van der Waals surface area contributed by atoms with Gasteiger partial charge in [0.05, 0.1) is 11.8 Å². The van der Waals surface area contributed by atoms with E-state index in [1.807, 2.05) is 48.5 Å². The van der Waals surface area contributed by atoms with Gasteiger partial charge in [-0.15, -0.1) is 0 Å². The summed E-state index contributed by atoms with van der Waals surface area (Å²) in [7, 11) is -5.34. The molecule has 8 N–H and O–H groups in total. The molecule has 2 saturated heterocycles. The summed E-state index contributed by atoms with van der Waals surface area (Å²) in [6.45, 7) is 2.80. The first-order valence-corrected chi connectivity index (χ1v) is 21.9. The van der Waals surface area contributed by atoms with E-state index in [1.165, 1.54) is 26.0 Å². The molecule has 4 aromatic rings. The van der Waals surface area contributed by atoms with Crippen molar-refractivity contribution in [3.8, 4) is 11.5 Å². The molecule has 3 aliphatic rings. The Bertz CT molecular complexity index is 2350. The van der Waals surface area contributed by atoms with Crippen LogP contribution in [0.5, 0.6) is 11.5 Å². The number of nitrogens with zero attached hydrogens (tertiary/aromatic N) is 1. The van der Waals surface area contributed by atoms with Gasteiger partial charge in [0, 0.05) is 22.6 Å². The van der Waals surface area contributed by atoms with Crippen LogP contribution >= 0.6 is 19.4 Å². The number of rotatable bonds is 15. The highest BCUT2D eigenvalue weighted by molar-refractivity contribution is 7.46. The molecule has 10 atom stereocenters. The van der Waals surface area contributed by atoms with E-state index in [-0.39, 0.29) is 48.8 Å². The third-order valence-corrected chi connectivity index (χ3v) is 11.7. The number of ether oxygens (including phenoxy) is 4. The molecule has 3 fully saturated rings. The minimum absolute atomic E-state index is 0.0261. The van der Waals surface area contributed by atoms with Gasteiger partial charge in [0.2, 0.25) is 12.2 Å². The lowest BCUT2D eigenvalue weighted by Gasteiger charge is -2.41. The summed E-state index contributed by atoms with van der Waals surface area (Å²) in [5.41, 5.74) is 3.53. The van der Waals surface area contributed by atoms with E-state index in [9.17, 15) is 44.7 Å². The third kappa shape index (κ3) is 11.0. The van der Waals surface area contributed by atoms with Crippen LogP contribution in [0.15, 0.2) is 102 Å². The van der Waals surface area contributed by atoms with Crippen LogP contribution in [-0.4, -0.2) is 115 Å². The molecule has 63 heavy (non-hydrogen) atoms. The molecule has 0 radical (unpaired) electrons. The zero-order valence-electron chi connectivity index (χ0n) is 34.0. The highest BCUT2D eigenvalue weighted by Gasteiger charge is 2.53. The van der Waals surface area contributed by atoms with Crippen molar-refractivity contribution in [3.05, 3.63) is 135 Å². The highest BCUT2D eigenvalue weighted by Crippen LogP contribution is 2.48. The number of aliphatic hydroxyl groups excluding tert-OH is 5. The van der Waals surface area contributed by atoms with Crippen LogP contribution in [0.25, 0.3) is 6.08 Å². The van der Waals surface area contributed by atoms with Gasteiger partial charge in [-0.2, -0.15) is 0 Å². The van der Waals surface area contributed by atoms with Gasteiger partial charge in [0.1, 0.15) is 62.2 Å². The summed E-state index contributed by atoms with van der Waals surface area (Å²) in [4.78, 5) is 39.8. The first-order valence-electron chi connectivity index (χ1n) is 20.0. The maximum absolute atomic E-state index is 13.8. The molecule has 1 saturated carbocycles. The second kappa shape index (κ2) is 20.0. The zero-order valence-corrected chi connectivity index (χ0v) is 35.7. The van der Waals surface area contributed by atoms with Gasteiger partial charge in [-0.3, -0.25) is 14.6 Å². The molecule has 336 valence electrons. The quantitative estimate of drug-likeness (QED) is 0.0369. The molecular weight excluding hydrogens is 863 g/mol. The number of aliphatic hydroxyl groups is 5. The number of oxime groups is 1. The summed E-state index contributed by atoms with van der Waals surface area (Å²) in [5, 5.41) is 62.3. The monoisotopic (exact) mass is 910 g/mol. The molecule has 1 aliphatic carbocycles. The second-order valence-corrected chi connectivity index (χ2v) is 17.1. The highest BCUT2D eigenvalue weighted by atomic mass is 35.5. The van der Waals surface area contributed by atoms with Crippen molar-refractivity contribution in [2.45, 2.75) is 94.5 Å². The Kier molecular flexibility index (Phi) is 14.7. The first-order chi connectivity index (χ1) is 30.1. The van der Waals surface area contributed by atoms with Crippen molar-refractivity contribution in [2.75, 3.05) is 6.79 Å². The fourth-order valence-corrected chi connectivity index (χ4v) is 8.42. The fourth-order valence-electron chi connectivity index (χ4n) is 7.82. The van der Waals surface area contributed by atoms with Crippen LogP contribution in [0.4, 0.5) is 0 Å². The van der Waals surface area contributed by atoms with Gasteiger partial charge in [-0.1, -0.05) is 89.6 Å². The maximum atomic E-state index is 13.8. The minimum atomic E-state index is -5.34. The van der Waals surface area contributed by atoms with Crippen LogP contribution in [0.2, 0.25) is 5.02 Å². The van der Waals surface area contributed by atoms with Gasteiger partial charge < -0.3 is 59.2 Å². The Morgan fingerprint density at radius 2 is 1.43 bits per heavy atom. The maximum Gasteiger partial charge on any atom is 0.524 e. The lowest BCUT2D eigenvalue weighted by Crippen LogP contribution is -2.67. The SMILES string of the molecule is CC(=Cc1cc(OP(=O)(O)O)c(OC2OC(C(C)=NOCc3cccc(Cl)c3)C(O)C2O)c(Cc2ccccc2)c1Cc1ccccc1)C(=O)NC1C(O)C(O)C2OCOC2C1O. The van der Waals surface area contributed by atoms with Gasteiger partial charge in [-0.05, 0) is 72.4 Å². The van der Waals surface area contributed by atoms with Gasteiger partial charge in [-0.25, -0.2) is 4.57 Å². The smallest absolute Gasteiger partial charge is 0.458 e. The van der Waals surface area contributed by atoms with Gasteiger partial charge >= 0.3 is 7.82 Å². The zero-order chi connectivity index (χ0) is 45.0. The largest absolute Gasteiger partial charge is 0.524 e. The van der Waals surface area contributed by atoms with E-state index in [0.29, 0.717) is 16.1 Å². The van der Waals surface area contributed by atoms with E-state index in [1.54, 1.807) is 36.4 Å². The van der Waals surface area contributed by atoms with Gasteiger partial charge in [0.25, 0.3) is 0 Å². The summed E-state index contributed by atoms with van der Waals surface area (Å²) in [6.07, 6.45) is -11.0. The standard InChI is InChI=1S/C44H48ClN2O15P/c1-23(43(53)46-33-34(48)36(50)42-41(35(33)49)57-22-58-42)16-28-20-32(62-63(54,55)56)40(31(19-26-12-7-4-8-13-26)30(28)18-25-10-5-3-6-11-25)61-44-38(52)37(51)39(60-44)24(2)47-59-21-27-14-9-15-29(45)17-27/h3-17,20,33-39,41-42,44,48-52H,18-19,21-22H2,1-2H3,(H,46,53)(H2,54,55,56). The predicted octanol–water partition coefficient (Wildman–Crippen LogP) is 3.14. The lowest BCUT2D eigenvalue weighted by molar-refractivity contribution is -0.155. The average molecular weight is 911 g/mol. The van der Waals surface area contributed by atoms with E-state index in [0.717, 1.165) is 16.7 Å². The molecule has 17 nitrogen and oxygen atoms in total. The van der Waals surface area contributed by atoms with Crippen molar-refractivity contribution in [1.29, 1.82) is 0 Å². The third-order valence-electron chi connectivity index (χ3n) is 11.0. The summed E-state index contributed by atoms with van der Waals surface area (Å²) in [5.74, 6) is -1.47. The molecule has 7 rings (SSSR count). The second-order valence-electron chi connectivity index (χ2n) is 15.5. The molecule has 4 aromatic carbocycles. The Hall–Kier alpha value is -4.72. The van der Waals surface area contributed by atoms with Crippen molar-refractivity contribution in [2.24, 2.45) is 5.16 Å². The Morgan fingerprint density at radius 1 is 0.810 bits per heavy atom. The van der Waals surface area contributed by atoms with Crippen molar-refractivity contribution < 1.29 is 73.0 Å². The number of carbonyl (C=O) groups is 1. The molecule has 0 aromatic heterocycles. The molecule has 1 amide bonds. The average Bonchev–Trinajstić information content (AvgIpc) is 3.86. The number of halogens is 1. The normalized spacial score (nSPS) is 27.5.